The number of hydrogen-bond donors (Lipinski definition) is 2. The number of halogens is 2. The van der Waals surface area contributed by atoms with Gasteiger partial charge >= 0.3 is 0 Å². The SMILES string of the molecule is CN=C(NCc1ccnc(-n2cccn2)c1)NCC(C)(C)c1cccc(F)c1.I. The van der Waals surface area contributed by atoms with Crippen LogP contribution in [0.1, 0.15) is 25.0 Å². The molecule has 0 fully saturated rings. The first-order chi connectivity index (χ1) is 13.5. The highest BCUT2D eigenvalue weighted by Crippen LogP contribution is 2.22. The summed E-state index contributed by atoms with van der Waals surface area (Å²) in [6.07, 6.45) is 5.34. The summed E-state index contributed by atoms with van der Waals surface area (Å²) in [6.45, 7) is 5.35. The maximum Gasteiger partial charge on any atom is 0.191 e. The van der Waals surface area contributed by atoms with Gasteiger partial charge in [0, 0.05) is 44.1 Å². The standard InChI is InChI=1S/C21H25FN6.HI/c1-21(2,17-6-4-7-18(22)13-17)15-26-20(23-3)25-14-16-8-10-24-19(12-16)28-11-5-9-27-28;/h4-13H,14-15H2,1-3H3,(H2,23,25,26);1H. The zero-order valence-corrected chi connectivity index (χ0v) is 19.1. The van der Waals surface area contributed by atoms with Crippen molar-refractivity contribution in [3.63, 3.8) is 0 Å². The highest BCUT2D eigenvalue weighted by Gasteiger charge is 2.21. The van der Waals surface area contributed by atoms with Crippen LogP contribution >= 0.6 is 24.0 Å². The Hall–Kier alpha value is -2.49. The quantitative estimate of drug-likeness (QED) is 0.303. The van der Waals surface area contributed by atoms with E-state index in [2.05, 4.69) is 39.6 Å². The van der Waals surface area contributed by atoms with Crippen LogP contribution in [-0.2, 0) is 12.0 Å². The van der Waals surface area contributed by atoms with E-state index in [-0.39, 0.29) is 35.2 Å². The molecule has 0 aliphatic heterocycles. The van der Waals surface area contributed by atoms with E-state index in [0.29, 0.717) is 19.0 Å². The van der Waals surface area contributed by atoms with Crippen molar-refractivity contribution >= 4 is 29.9 Å². The Morgan fingerprint density at radius 1 is 1.14 bits per heavy atom. The monoisotopic (exact) mass is 508 g/mol. The molecule has 3 aromatic rings. The summed E-state index contributed by atoms with van der Waals surface area (Å²) in [5.41, 5.74) is 1.75. The van der Waals surface area contributed by atoms with Crippen molar-refractivity contribution in [2.45, 2.75) is 25.8 Å². The molecule has 0 bridgehead atoms. The summed E-state index contributed by atoms with van der Waals surface area (Å²) in [6, 6.07) is 12.5. The lowest BCUT2D eigenvalue weighted by atomic mass is 9.84. The molecule has 0 saturated carbocycles. The van der Waals surface area contributed by atoms with Crippen LogP contribution in [0.2, 0.25) is 0 Å². The lowest BCUT2D eigenvalue weighted by Gasteiger charge is -2.27. The summed E-state index contributed by atoms with van der Waals surface area (Å²) in [5.74, 6) is 1.22. The fourth-order valence-electron chi connectivity index (χ4n) is 2.82. The number of nitrogens with one attached hydrogen (secondary N) is 2. The van der Waals surface area contributed by atoms with E-state index in [1.54, 1.807) is 36.3 Å². The average Bonchev–Trinajstić information content (AvgIpc) is 3.23. The van der Waals surface area contributed by atoms with Crippen LogP contribution in [-0.4, -0.2) is 34.3 Å². The van der Waals surface area contributed by atoms with Crippen molar-refractivity contribution in [3.05, 3.63) is 78.0 Å². The molecule has 154 valence electrons. The van der Waals surface area contributed by atoms with Gasteiger partial charge in [0.1, 0.15) is 5.82 Å². The molecule has 1 aromatic carbocycles. The Morgan fingerprint density at radius 2 is 1.97 bits per heavy atom. The number of aliphatic imine (C=N–C) groups is 1. The summed E-state index contributed by atoms with van der Waals surface area (Å²) in [7, 11) is 1.73. The summed E-state index contributed by atoms with van der Waals surface area (Å²) in [4.78, 5) is 8.61. The predicted octanol–water partition coefficient (Wildman–Crippen LogP) is 3.67. The van der Waals surface area contributed by atoms with Gasteiger partial charge < -0.3 is 10.6 Å². The summed E-state index contributed by atoms with van der Waals surface area (Å²) < 4.78 is 15.3. The minimum atomic E-state index is -0.246. The number of aromatic nitrogens is 3. The van der Waals surface area contributed by atoms with Crippen LogP contribution in [0, 0.1) is 5.82 Å². The zero-order valence-electron chi connectivity index (χ0n) is 16.8. The third-order valence-corrected chi connectivity index (χ3v) is 4.54. The Balaban J connectivity index is 0.00000300. The number of nitrogens with zero attached hydrogens (tertiary/aromatic N) is 4. The third-order valence-electron chi connectivity index (χ3n) is 4.54. The molecular formula is C21H26FIN6. The lowest BCUT2D eigenvalue weighted by Crippen LogP contribution is -2.43. The van der Waals surface area contributed by atoms with Gasteiger partial charge in [-0.25, -0.2) is 14.1 Å². The largest absolute Gasteiger partial charge is 0.356 e. The van der Waals surface area contributed by atoms with E-state index in [1.165, 1.54) is 6.07 Å². The Bertz CT molecular complexity index is 940. The minimum Gasteiger partial charge on any atom is -0.356 e. The molecule has 2 aromatic heterocycles. The number of guanidine groups is 1. The third kappa shape index (κ3) is 6.25. The molecule has 0 unspecified atom stereocenters. The van der Waals surface area contributed by atoms with Gasteiger partial charge in [0.15, 0.2) is 11.8 Å². The van der Waals surface area contributed by atoms with Crippen LogP contribution in [0.15, 0.2) is 66.0 Å². The minimum absolute atomic E-state index is 0. The molecule has 0 aliphatic carbocycles. The topological polar surface area (TPSA) is 67.1 Å². The first-order valence-corrected chi connectivity index (χ1v) is 9.13. The van der Waals surface area contributed by atoms with Crippen molar-refractivity contribution in [1.82, 2.24) is 25.4 Å². The van der Waals surface area contributed by atoms with E-state index in [4.69, 9.17) is 0 Å². The molecule has 0 aliphatic rings. The van der Waals surface area contributed by atoms with Crippen LogP contribution < -0.4 is 10.6 Å². The van der Waals surface area contributed by atoms with Crippen molar-refractivity contribution in [2.75, 3.05) is 13.6 Å². The molecule has 2 N–H and O–H groups in total. The van der Waals surface area contributed by atoms with Crippen molar-refractivity contribution < 1.29 is 4.39 Å². The number of benzene rings is 1. The predicted molar refractivity (Wildman–Crippen MR) is 124 cm³/mol. The molecule has 0 spiro atoms. The molecule has 3 rings (SSSR count). The first-order valence-electron chi connectivity index (χ1n) is 9.13. The molecule has 29 heavy (non-hydrogen) atoms. The van der Waals surface area contributed by atoms with Crippen LogP contribution in [0.25, 0.3) is 5.82 Å². The summed E-state index contributed by atoms with van der Waals surface area (Å²) >= 11 is 0. The van der Waals surface area contributed by atoms with Gasteiger partial charge in [-0.2, -0.15) is 5.10 Å². The van der Waals surface area contributed by atoms with Gasteiger partial charge in [-0.3, -0.25) is 4.99 Å². The summed E-state index contributed by atoms with van der Waals surface area (Å²) in [5, 5.41) is 10.8. The number of pyridine rings is 1. The fraction of sp³-hybridized carbons (Fsp3) is 0.286. The smallest absolute Gasteiger partial charge is 0.191 e. The Labute approximate surface area is 187 Å². The molecule has 0 amide bonds. The molecule has 0 saturated heterocycles. The van der Waals surface area contributed by atoms with Gasteiger partial charge in [0.25, 0.3) is 0 Å². The van der Waals surface area contributed by atoms with Gasteiger partial charge in [0.2, 0.25) is 0 Å². The molecule has 0 radical (unpaired) electrons. The number of rotatable bonds is 6. The number of hydrogen-bond acceptors (Lipinski definition) is 3. The van der Waals surface area contributed by atoms with Crippen molar-refractivity contribution in [3.8, 4) is 5.82 Å². The Morgan fingerprint density at radius 3 is 2.66 bits per heavy atom. The normalized spacial score (nSPS) is 11.7. The molecule has 8 heteroatoms. The second-order valence-electron chi connectivity index (χ2n) is 7.15. The fourth-order valence-corrected chi connectivity index (χ4v) is 2.82. The van der Waals surface area contributed by atoms with Crippen LogP contribution in [0.4, 0.5) is 4.39 Å². The van der Waals surface area contributed by atoms with E-state index in [9.17, 15) is 4.39 Å². The van der Waals surface area contributed by atoms with Crippen LogP contribution in [0.3, 0.4) is 0 Å². The second-order valence-corrected chi connectivity index (χ2v) is 7.15. The first kappa shape index (κ1) is 22.8. The highest BCUT2D eigenvalue weighted by molar-refractivity contribution is 14.0. The van der Waals surface area contributed by atoms with Gasteiger partial charge in [-0.15, -0.1) is 24.0 Å². The highest BCUT2D eigenvalue weighted by atomic mass is 127. The Kier molecular flexibility index (Phi) is 8.12. The van der Waals surface area contributed by atoms with Crippen molar-refractivity contribution in [1.29, 1.82) is 0 Å². The zero-order chi connectivity index (χ0) is 20.0. The van der Waals surface area contributed by atoms with Crippen molar-refractivity contribution in [2.24, 2.45) is 4.99 Å². The van der Waals surface area contributed by atoms with Gasteiger partial charge in [-0.1, -0.05) is 26.0 Å². The maximum atomic E-state index is 13.5. The van der Waals surface area contributed by atoms with E-state index >= 15 is 0 Å². The lowest BCUT2D eigenvalue weighted by molar-refractivity contribution is 0.503. The average molecular weight is 508 g/mol. The second kappa shape index (κ2) is 10.3. The van der Waals surface area contributed by atoms with Gasteiger partial charge in [0.05, 0.1) is 0 Å². The molecule has 2 heterocycles. The van der Waals surface area contributed by atoms with E-state index in [0.717, 1.165) is 16.9 Å². The molecule has 0 atom stereocenters. The maximum absolute atomic E-state index is 13.5. The molecular weight excluding hydrogens is 482 g/mol. The van der Waals surface area contributed by atoms with Crippen LogP contribution in [0.5, 0.6) is 0 Å². The van der Waals surface area contributed by atoms with E-state index in [1.807, 2.05) is 30.5 Å². The van der Waals surface area contributed by atoms with Gasteiger partial charge in [-0.05, 0) is 41.5 Å². The molecule has 6 nitrogen and oxygen atoms in total. The van der Waals surface area contributed by atoms with E-state index < -0.39 is 0 Å².